The summed E-state index contributed by atoms with van der Waals surface area (Å²) < 4.78 is 5.65. The van der Waals surface area contributed by atoms with Crippen molar-refractivity contribution in [3.8, 4) is 0 Å². The van der Waals surface area contributed by atoms with Crippen LogP contribution in [0.3, 0.4) is 0 Å². The summed E-state index contributed by atoms with van der Waals surface area (Å²) in [6.45, 7) is 8.52. The van der Waals surface area contributed by atoms with Crippen LogP contribution >= 0.6 is 0 Å². The van der Waals surface area contributed by atoms with E-state index in [0.717, 1.165) is 23.2 Å². The Morgan fingerprint density at radius 1 is 1.33 bits per heavy atom. The summed E-state index contributed by atoms with van der Waals surface area (Å²) in [7, 11) is 0. The minimum Gasteiger partial charge on any atom is -0.440 e. The lowest BCUT2D eigenvalue weighted by Gasteiger charge is -2.11. The summed E-state index contributed by atoms with van der Waals surface area (Å²) in [5, 5.41) is 6.03. The Balaban J connectivity index is 2.03. The van der Waals surface area contributed by atoms with Crippen molar-refractivity contribution in [2.75, 3.05) is 11.9 Å². The van der Waals surface area contributed by atoms with Gasteiger partial charge in [0.05, 0.1) is 6.54 Å². The maximum Gasteiger partial charge on any atom is 0.238 e. The number of fused-ring (bicyclic) bond motifs is 1. The van der Waals surface area contributed by atoms with Crippen LogP contribution in [0.25, 0.3) is 11.1 Å². The third kappa shape index (κ3) is 4.04. The molecule has 2 rings (SSSR count). The zero-order chi connectivity index (χ0) is 15.4. The SMILES string of the molecule is CCC(C)NCC(=O)Nc1ccc2oc(C(C)C)nc2c1. The van der Waals surface area contributed by atoms with E-state index in [-0.39, 0.29) is 11.8 Å². The van der Waals surface area contributed by atoms with Gasteiger partial charge in [-0.3, -0.25) is 4.79 Å². The van der Waals surface area contributed by atoms with Gasteiger partial charge in [0.1, 0.15) is 5.52 Å². The smallest absolute Gasteiger partial charge is 0.238 e. The van der Waals surface area contributed by atoms with Crippen LogP contribution in [0.15, 0.2) is 22.6 Å². The summed E-state index contributed by atoms with van der Waals surface area (Å²) in [5.74, 6) is 0.907. The number of hydrogen-bond acceptors (Lipinski definition) is 4. The molecule has 1 aromatic carbocycles. The van der Waals surface area contributed by atoms with Gasteiger partial charge in [0, 0.05) is 17.6 Å². The molecule has 0 bridgehead atoms. The molecule has 114 valence electrons. The predicted molar refractivity (Wildman–Crippen MR) is 84.5 cm³/mol. The van der Waals surface area contributed by atoms with E-state index in [9.17, 15) is 4.79 Å². The van der Waals surface area contributed by atoms with Gasteiger partial charge >= 0.3 is 0 Å². The highest BCUT2D eigenvalue weighted by Gasteiger charge is 2.10. The topological polar surface area (TPSA) is 67.2 Å². The Kier molecular flexibility index (Phi) is 4.96. The fourth-order valence-corrected chi connectivity index (χ4v) is 1.89. The van der Waals surface area contributed by atoms with Crippen molar-refractivity contribution in [1.82, 2.24) is 10.3 Å². The predicted octanol–water partition coefficient (Wildman–Crippen LogP) is 3.28. The third-order valence-electron chi connectivity index (χ3n) is 3.41. The molecule has 1 amide bonds. The number of carbonyl (C=O) groups excluding carboxylic acids is 1. The normalized spacial score (nSPS) is 12.8. The molecule has 21 heavy (non-hydrogen) atoms. The Labute approximate surface area is 125 Å². The number of amides is 1. The van der Waals surface area contributed by atoms with Gasteiger partial charge < -0.3 is 15.1 Å². The van der Waals surface area contributed by atoms with Crippen LogP contribution in [0, 0.1) is 0 Å². The molecule has 1 heterocycles. The number of anilines is 1. The average molecular weight is 289 g/mol. The summed E-state index contributed by atoms with van der Waals surface area (Å²) in [5.41, 5.74) is 2.25. The number of nitrogens with one attached hydrogen (secondary N) is 2. The maximum atomic E-state index is 11.9. The standard InChI is InChI=1S/C16H23N3O2/c1-5-11(4)17-9-15(20)18-12-6-7-14-13(8-12)19-16(21-14)10(2)3/h6-8,10-11,17H,5,9H2,1-4H3,(H,18,20). The summed E-state index contributed by atoms with van der Waals surface area (Å²) >= 11 is 0. The van der Waals surface area contributed by atoms with Gasteiger partial charge in [0.2, 0.25) is 5.91 Å². The Morgan fingerprint density at radius 2 is 2.10 bits per heavy atom. The van der Waals surface area contributed by atoms with Crippen LogP contribution < -0.4 is 10.6 Å². The fraction of sp³-hybridized carbons (Fsp3) is 0.500. The molecule has 0 aliphatic rings. The number of nitrogens with zero attached hydrogens (tertiary/aromatic N) is 1. The molecule has 0 aliphatic heterocycles. The highest BCUT2D eigenvalue weighted by Crippen LogP contribution is 2.23. The minimum absolute atomic E-state index is 0.0535. The molecule has 0 saturated carbocycles. The second kappa shape index (κ2) is 6.72. The van der Waals surface area contributed by atoms with Crippen LogP contribution in [0.2, 0.25) is 0 Å². The second-order valence-corrected chi connectivity index (χ2v) is 5.63. The van der Waals surface area contributed by atoms with Gasteiger partial charge in [0.25, 0.3) is 0 Å². The van der Waals surface area contributed by atoms with Crippen LogP contribution in [0.5, 0.6) is 0 Å². The molecule has 2 aromatic rings. The van der Waals surface area contributed by atoms with Gasteiger partial charge in [-0.25, -0.2) is 4.98 Å². The minimum atomic E-state index is -0.0535. The number of carbonyl (C=O) groups is 1. The lowest BCUT2D eigenvalue weighted by atomic mass is 10.2. The summed E-state index contributed by atoms with van der Waals surface area (Å²) in [6.07, 6.45) is 0.996. The lowest BCUT2D eigenvalue weighted by molar-refractivity contribution is -0.115. The second-order valence-electron chi connectivity index (χ2n) is 5.63. The highest BCUT2D eigenvalue weighted by atomic mass is 16.3. The van der Waals surface area contributed by atoms with Crippen LogP contribution in [-0.4, -0.2) is 23.5 Å². The van der Waals surface area contributed by atoms with Crippen LogP contribution in [0.1, 0.15) is 45.9 Å². The van der Waals surface area contributed by atoms with Crippen molar-refractivity contribution in [2.45, 2.75) is 46.1 Å². The van der Waals surface area contributed by atoms with E-state index in [1.807, 2.05) is 32.0 Å². The molecule has 0 aliphatic carbocycles. The first-order valence-corrected chi connectivity index (χ1v) is 7.43. The Morgan fingerprint density at radius 3 is 2.76 bits per heavy atom. The van der Waals surface area contributed by atoms with Crippen LogP contribution in [0.4, 0.5) is 5.69 Å². The van der Waals surface area contributed by atoms with Gasteiger partial charge in [-0.05, 0) is 31.5 Å². The molecule has 5 heteroatoms. The molecule has 1 aromatic heterocycles. The number of benzene rings is 1. The van der Waals surface area contributed by atoms with Crippen LogP contribution in [-0.2, 0) is 4.79 Å². The van der Waals surface area contributed by atoms with Gasteiger partial charge in [-0.1, -0.05) is 20.8 Å². The molecular formula is C16H23N3O2. The van der Waals surface area contributed by atoms with Crippen molar-refractivity contribution in [3.05, 3.63) is 24.1 Å². The molecule has 5 nitrogen and oxygen atoms in total. The van der Waals surface area contributed by atoms with E-state index in [2.05, 4.69) is 29.5 Å². The van der Waals surface area contributed by atoms with E-state index in [1.165, 1.54) is 0 Å². The van der Waals surface area contributed by atoms with Gasteiger partial charge in [-0.2, -0.15) is 0 Å². The monoisotopic (exact) mass is 289 g/mol. The van der Waals surface area contributed by atoms with Crippen molar-refractivity contribution in [1.29, 1.82) is 0 Å². The van der Waals surface area contributed by atoms with E-state index < -0.39 is 0 Å². The van der Waals surface area contributed by atoms with Gasteiger partial charge in [-0.15, -0.1) is 0 Å². The zero-order valence-electron chi connectivity index (χ0n) is 13.1. The summed E-state index contributed by atoms with van der Waals surface area (Å²) in [6, 6.07) is 5.85. The molecule has 1 atom stereocenters. The first kappa shape index (κ1) is 15.5. The van der Waals surface area contributed by atoms with Crippen molar-refractivity contribution in [2.24, 2.45) is 0 Å². The molecule has 2 N–H and O–H groups in total. The number of oxazole rings is 1. The lowest BCUT2D eigenvalue weighted by Crippen LogP contribution is -2.33. The molecule has 0 saturated heterocycles. The van der Waals surface area contributed by atoms with Crippen molar-refractivity contribution >= 4 is 22.7 Å². The number of rotatable bonds is 6. The van der Waals surface area contributed by atoms with E-state index in [4.69, 9.17) is 4.42 Å². The Bertz CT molecular complexity index is 619. The largest absolute Gasteiger partial charge is 0.440 e. The average Bonchev–Trinajstić information content (AvgIpc) is 2.88. The number of hydrogen-bond donors (Lipinski definition) is 2. The quantitative estimate of drug-likeness (QED) is 0.856. The Hall–Kier alpha value is -1.88. The molecule has 0 radical (unpaired) electrons. The molecule has 0 fully saturated rings. The fourth-order valence-electron chi connectivity index (χ4n) is 1.89. The summed E-state index contributed by atoms with van der Waals surface area (Å²) in [4.78, 5) is 16.3. The van der Waals surface area contributed by atoms with E-state index in [1.54, 1.807) is 0 Å². The van der Waals surface area contributed by atoms with Crippen molar-refractivity contribution in [3.63, 3.8) is 0 Å². The highest BCUT2D eigenvalue weighted by molar-refractivity contribution is 5.94. The first-order valence-electron chi connectivity index (χ1n) is 7.43. The molecule has 0 spiro atoms. The maximum absolute atomic E-state index is 11.9. The van der Waals surface area contributed by atoms with E-state index >= 15 is 0 Å². The molecule has 1 unspecified atom stereocenters. The number of aromatic nitrogens is 1. The van der Waals surface area contributed by atoms with Crippen molar-refractivity contribution < 1.29 is 9.21 Å². The zero-order valence-corrected chi connectivity index (χ0v) is 13.1. The first-order chi connectivity index (χ1) is 9.99. The third-order valence-corrected chi connectivity index (χ3v) is 3.41. The molecular weight excluding hydrogens is 266 g/mol. The van der Waals surface area contributed by atoms with Gasteiger partial charge in [0.15, 0.2) is 11.5 Å². The van der Waals surface area contributed by atoms with E-state index in [0.29, 0.717) is 18.5 Å².